The first-order chi connectivity index (χ1) is 16.9. The van der Waals surface area contributed by atoms with Gasteiger partial charge in [0.1, 0.15) is 17.6 Å². The van der Waals surface area contributed by atoms with E-state index in [1.807, 2.05) is 0 Å². The molecule has 0 aromatic carbocycles. The van der Waals surface area contributed by atoms with E-state index >= 15 is 0 Å². The van der Waals surface area contributed by atoms with Crippen LogP contribution in [0.5, 0.6) is 0 Å². The summed E-state index contributed by atoms with van der Waals surface area (Å²) in [6.45, 7) is 9.43. The van der Waals surface area contributed by atoms with Crippen molar-refractivity contribution in [2.24, 2.45) is 46.3 Å². The fourth-order valence-corrected chi connectivity index (χ4v) is 8.56. The van der Waals surface area contributed by atoms with Crippen LogP contribution in [-0.2, 0) is 33.4 Å². The SMILES string of the molecule is COC(=O)CC[C@@H](C)[C@H]1CC[C@H]2[C@@H]3C(OC(C)=O)=C[C@H]4C[C@H](OC(C)=O)CC[C@]4(C)[C@H]3CC(=O)[C@]12C. The highest BCUT2D eigenvalue weighted by atomic mass is 16.5. The first kappa shape index (κ1) is 26.9. The minimum Gasteiger partial charge on any atom is -0.469 e. The van der Waals surface area contributed by atoms with Crippen LogP contribution >= 0.6 is 0 Å². The Bertz CT molecular complexity index is 953. The number of ether oxygens (including phenoxy) is 3. The third kappa shape index (κ3) is 4.51. The van der Waals surface area contributed by atoms with Crippen LogP contribution in [0, 0.1) is 46.3 Å². The maximum Gasteiger partial charge on any atom is 0.307 e. The first-order valence-corrected chi connectivity index (χ1v) is 13.6. The molecule has 0 saturated heterocycles. The Morgan fingerprint density at radius 1 is 1.08 bits per heavy atom. The number of fused-ring (bicyclic) bond motifs is 5. The number of esters is 3. The number of Topliss-reactive ketones (excluding diaryl/α,β-unsaturated/α-hetero) is 1. The van der Waals surface area contributed by atoms with E-state index in [1.54, 1.807) is 0 Å². The summed E-state index contributed by atoms with van der Waals surface area (Å²) >= 11 is 0. The maximum atomic E-state index is 14.0. The zero-order valence-corrected chi connectivity index (χ0v) is 22.6. The van der Waals surface area contributed by atoms with Crippen molar-refractivity contribution in [3.63, 3.8) is 0 Å². The van der Waals surface area contributed by atoms with Gasteiger partial charge in [-0.1, -0.05) is 20.8 Å². The summed E-state index contributed by atoms with van der Waals surface area (Å²) in [5, 5.41) is 0. The number of ketones is 1. The molecule has 4 rings (SSSR count). The van der Waals surface area contributed by atoms with Gasteiger partial charge in [-0.2, -0.15) is 0 Å². The number of methoxy groups -OCH3 is 1. The van der Waals surface area contributed by atoms with E-state index in [0.29, 0.717) is 37.2 Å². The number of rotatable bonds is 6. The van der Waals surface area contributed by atoms with E-state index in [9.17, 15) is 19.2 Å². The Morgan fingerprint density at radius 3 is 2.44 bits per heavy atom. The Labute approximate surface area is 214 Å². The van der Waals surface area contributed by atoms with Crippen LogP contribution in [0.25, 0.3) is 0 Å². The number of hydrogen-bond donors (Lipinski definition) is 0. The van der Waals surface area contributed by atoms with Gasteiger partial charge in [0, 0.05) is 38.0 Å². The van der Waals surface area contributed by atoms with Crippen molar-refractivity contribution in [2.45, 2.75) is 92.1 Å². The molecule has 0 N–H and O–H groups in total. The Hall–Kier alpha value is -2.18. The van der Waals surface area contributed by atoms with Crippen LogP contribution in [0.4, 0.5) is 0 Å². The lowest BCUT2D eigenvalue weighted by molar-refractivity contribution is -0.160. The number of carbonyl (C=O) groups excluding carboxylic acids is 4. The molecular formula is C29H42O7. The van der Waals surface area contributed by atoms with Gasteiger partial charge in [0.25, 0.3) is 0 Å². The van der Waals surface area contributed by atoms with Crippen LogP contribution in [0.15, 0.2) is 11.8 Å². The van der Waals surface area contributed by atoms with E-state index in [4.69, 9.17) is 14.2 Å². The largest absolute Gasteiger partial charge is 0.469 e. The summed E-state index contributed by atoms with van der Waals surface area (Å²) in [6, 6.07) is 0. The molecule has 0 spiro atoms. The molecule has 3 fully saturated rings. The lowest BCUT2D eigenvalue weighted by Gasteiger charge is -2.59. The molecule has 9 atom stereocenters. The molecule has 0 bridgehead atoms. The Kier molecular flexibility index (Phi) is 7.42. The van der Waals surface area contributed by atoms with Crippen LogP contribution in [-0.4, -0.2) is 36.9 Å². The molecule has 200 valence electrons. The molecule has 7 nitrogen and oxygen atoms in total. The fourth-order valence-electron chi connectivity index (χ4n) is 8.56. The van der Waals surface area contributed by atoms with Gasteiger partial charge in [-0.05, 0) is 79.6 Å². The zero-order chi connectivity index (χ0) is 26.4. The van der Waals surface area contributed by atoms with Crippen molar-refractivity contribution in [1.82, 2.24) is 0 Å². The van der Waals surface area contributed by atoms with E-state index in [1.165, 1.54) is 21.0 Å². The summed E-state index contributed by atoms with van der Waals surface area (Å²) in [7, 11) is 1.41. The molecule has 4 aliphatic rings. The molecule has 0 radical (unpaired) electrons. The summed E-state index contributed by atoms with van der Waals surface area (Å²) in [5.74, 6) is 0.888. The Balaban J connectivity index is 1.67. The molecule has 0 aromatic heterocycles. The van der Waals surface area contributed by atoms with E-state index in [2.05, 4.69) is 26.8 Å². The second-order valence-electron chi connectivity index (χ2n) is 12.2. The van der Waals surface area contributed by atoms with Crippen molar-refractivity contribution in [1.29, 1.82) is 0 Å². The molecule has 3 saturated carbocycles. The van der Waals surface area contributed by atoms with Gasteiger partial charge in [-0.15, -0.1) is 0 Å². The van der Waals surface area contributed by atoms with Gasteiger partial charge in [0.15, 0.2) is 0 Å². The summed E-state index contributed by atoms with van der Waals surface area (Å²) in [5.41, 5.74) is -0.620. The highest BCUT2D eigenvalue weighted by molar-refractivity contribution is 5.87. The van der Waals surface area contributed by atoms with E-state index in [0.717, 1.165) is 25.7 Å². The average Bonchev–Trinajstić information content (AvgIpc) is 3.16. The average molecular weight is 503 g/mol. The summed E-state index contributed by atoms with van der Waals surface area (Å²) < 4.78 is 16.3. The number of hydrogen-bond acceptors (Lipinski definition) is 7. The van der Waals surface area contributed by atoms with Crippen LogP contribution < -0.4 is 0 Å². The minimum absolute atomic E-state index is 0.0148. The fraction of sp³-hybridized carbons (Fsp3) is 0.793. The van der Waals surface area contributed by atoms with Crippen LogP contribution in [0.3, 0.4) is 0 Å². The van der Waals surface area contributed by atoms with E-state index < -0.39 is 5.41 Å². The van der Waals surface area contributed by atoms with Crippen LogP contribution in [0.2, 0.25) is 0 Å². The van der Waals surface area contributed by atoms with Crippen molar-refractivity contribution in [3.8, 4) is 0 Å². The highest BCUT2D eigenvalue weighted by Gasteiger charge is 2.65. The van der Waals surface area contributed by atoms with Crippen molar-refractivity contribution < 1.29 is 33.4 Å². The van der Waals surface area contributed by atoms with Crippen molar-refractivity contribution in [2.75, 3.05) is 7.11 Å². The Morgan fingerprint density at radius 2 is 1.81 bits per heavy atom. The monoisotopic (exact) mass is 502 g/mol. The van der Waals surface area contributed by atoms with Gasteiger partial charge in [-0.25, -0.2) is 0 Å². The molecule has 4 aliphatic carbocycles. The highest BCUT2D eigenvalue weighted by Crippen LogP contribution is 2.67. The minimum atomic E-state index is -0.506. The third-order valence-corrected chi connectivity index (χ3v) is 10.4. The second-order valence-corrected chi connectivity index (χ2v) is 12.2. The summed E-state index contributed by atoms with van der Waals surface area (Å²) in [6.07, 6.45) is 7.70. The third-order valence-electron chi connectivity index (χ3n) is 10.4. The van der Waals surface area contributed by atoms with E-state index in [-0.39, 0.29) is 64.9 Å². The predicted molar refractivity (Wildman–Crippen MR) is 132 cm³/mol. The molecule has 0 amide bonds. The standard InChI is InChI=1S/C29H42O7/c1-16(7-10-26(33)34-6)21-8-9-22-27-23(15-25(32)29(21,22)5)28(4)12-11-20(35-17(2)30)13-19(28)14-24(27)36-18(3)31/h14,16,19-23,27H,7-13,15H2,1-6H3/t16-,19-,20-,21-,22+,23+,27+,28+,29-/m1/s1. The number of allylic oxidation sites excluding steroid dienone is 2. The normalized spacial score (nSPS) is 40.2. The topological polar surface area (TPSA) is 96.0 Å². The van der Waals surface area contributed by atoms with Crippen molar-refractivity contribution in [3.05, 3.63) is 11.8 Å². The number of carbonyl (C=O) groups is 4. The molecule has 0 heterocycles. The lowest BCUT2D eigenvalue weighted by atomic mass is 9.45. The lowest BCUT2D eigenvalue weighted by Crippen LogP contribution is -2.57. The first-order valence-electron chi connectivity index (χ1n) is 13.6. The molecule has 7 heteroatoms. The second kappa shape index (κ2) is 9.94. The molecule has 36 heavy (non-hydrogen) atoms. The smallest absolute Gasteiger partial charge is 0.307 e. The van der Waals surface area contributed by atoms with Crippen molar-refractivity contribution >= 4 is 23.7 Å². The summed E-state index contributed by atoms with van der Waals surface area (Å²) in [4.78, 5) is 49.6. The zero-order valence-electron chi connectivity index (χ0n) is 22.6. The molecule has 0 unspecified atom stereocenters. The molecular weight excluding hydrogens is 460 g/mol. The molecule has 0 aromatic rings. The van der Waals surface area contributed by atoms with Gasteiger partial charge in [0.2, 0.25) is 0 Å². The van der Waals surface area contributed by atoms with Crippen LogP contribution in [0.1, 0.15) is 86.0 Å². The maximum absolute atomic E-state index is 14.0. The van der Waals surface area contributed by atoms with Gasteiger partial charge < -0.3 is 14.2 Å². The van der Waals surface area contributed by atoms with Gasteiger partial charge >= 0.3 is 17.9 Å². The van der Waals surface area contributed by atoms with Gasteiger partial charge in [0.05, 0.1) is 7.11 Å². The van der Waals surface area contributed by atoms with Gasteiger partial charge in [-0.3, -0.25) is 19.2 Å². The molecule has 0 aliphatic heterocycles. The quantitative estimate of drug-likeness (QED) is 0.372. The predicted octanol–water partition coefficient (Wildman–Crippen LogP) is 5.01.